The monoisotopic (exact) mass is 374 g/mol. The van der Waals surface area contributed by atoms with E-state index in [0.29, 0.717) is 24.4 Å². The first-order valence-corrected chi connectivity index (χ1v) is 9.35. The van der Waals surface area contributed by atoms with Crippen LogP contribution in [-0.2, 0) is 17.6 Å². The molecule has 0 saturated carbocycles. The number of thiophene rings is 1. The fourth-order valence-corrected chi connectivity index (χ4v) is 3.54. The van der Waals surface area contributed by atoms with Crippen LogP contribution in [0.15, 0.2) is 52.4 Å². The molecule has 0 aliphatic rings. The van der Waals surface area contributed by atoms with Crippen molar-refractivity contribution in [3.63, 3.8) is 0 Å². The SMILES string of the molecule is Cc1cc(CCNC(=O)C(Cc2cccs2)c2ccc(Cl)cc2)no1. The first-order chi connectivity index (χ1) is 12.1. The van der Waals surface area contributed by atoms with Gasteiger partial charge in [-0.25, -0.2) is 0 Å². The largest absolute Gasteiger partial charge is 0.361 e. The molecule has 2 heterocycles. The number of carbonyl (C=O) groups is 1. The average molecular weight is 375 g/mol. The van der Waals surface area contributed by atoms with Crippen molar-refractivity contribution in [3.8, 4) is 0 Å². The van der Waals surface area contributed by atoms with Gasteiger partial charge in [0, 0.05) is 28.9 Å². The van der Waals surface area contributed by atoms with E-state index in [9.17, 15) is 4.79 Å². The second-order valence-corrected chi connectivity index (χ2v) is 7.33. The molecule has 25 heavy (non-hydrogen) atoms. The number of hydrogen-bond donors (Lipinski definition) is 1. The van der Waals surface area contributed by atoms with E-state index < -0.39 is 0 Å². The van der Waals surface area contributed by atoms with Crippen LogP contribution in [0.1, 0.15) is 27.8 Å². The lowest BCUT2D eigenvalue weighted by Gasteiger charge is -2.16. The summed E-state index contributed by atoms with van der Waals surface area (Å²) in [7, 11) is 0. The summed E-state index contributed by atoms with van der Waals surface area (Å²) in [6.45, 7) is 2.38. The Morgan fingerprint density at radius 3 is 2.76 bits per heavy atom. The molecule has 0 aliphatic heterocycles. The summed E-state index contributed by atoms with van der Waals surface area (Å²) in [5.74, 6) is 0.545. The first kappa shape index (κ1) is 17.7. The molecule has 1 unspecified atom stereocenters. The number of rotatable bonds is 7. The second kappa shape index (κ2) is 8.32. The molecule has 0 fully saturated rings. The van der Waals surface area contributed by atoms with Crippen LogP contribution in [0.5, 0.6) is 0 Å². The number of aryl methyl sites for hydroxylation is 1. The average Bonchev–Trinajstić information content (AvgIpc) is 3.25. The van der Waals surface area contributed by atoms with Gasteiger partial charge in [0.25, 0.3) is 0 Å². The molecule has 4 nitrogen and oxygen atoms in total. The Kier molecular flexibility index (Phi) is 5.89. The Morgan fingerprint density at radius 2 is 2.12 bits per heavy atom. The summed E-state index contributed by atoms with van der Waals surface area (Å²) in [4.78, 5) is 13.9. The highest BCUT2D eigenvalue weighted by atomic mass is 35.5. The van der Waals surface area contributed by atoms with E-state index in [1.54, 1.807) is 11.3 Å². The minimum Gasteiger partial charge on any atom is -0.361 e. The Labute approximate surface area is 155 Å². The quantitative estimate of drug-likeness (QED) is 0.667. The fraction of sp³-hybridized carbons (Fsp3) is 0.263. The van der Waals surface area contributed by atoms with Crippen LogP contribution in [-0.4, -0.2) is 17.6 Å². The molecule has 0 radical (unpaired) electrons. The molecule has 1 N–H and O–H groups in total. The van der Waals surface area contributed by atoms with Crippen LogP contribution < -0.4 is 5.32 Å². The van der Waals surface area contributed by atoms with Gasteiger partial charge in [0.2, 0.25) is 5.91 Å². The Hall–Kier alpha value is -2.11. The maximum absolute atomic E-state index is 12.8. The van der Waals surface area contributed by atoms with E-state index in [0.717, 1.165) is 17.0 Å². The maximum Gasteiger partial charge on any atom is 0.227 e. The lowest BCUT2D eigenvalue weighted by molar-refractivity contribution is -0.122. The molecule has 0 bridgehead atoms. The molecule has 1 aromatic carbocycles. The van der Waals surface area contributed by atoms with Gasteiger partial charge in [-0.2, -0.15) is 0 Å². The van der Waals surface area contributed by atoms with Crippen molar-refractivity contribution >= 4 is 28.8 Å². The predicted molar refractivity (Wildman–Crippen MR) is 100 cm³/mol. The molecule has 2 aromatic heterocycles. The summed E-state index contributed by atoms with van der Waals surface area (Å²) >= 11 is 7.64. The van der Waals surface area contributed by atoms with Crippen molar-refractivity contribution in [3.05, 3.63) is 74.8 Å². The minimum absolute atomic E-state index is 0.0101. The molecule has 0 saturated heterocycles. The third-order valence-corrected chi connectivity index (χ3v) is 5.08. The predicted octanol–water partition coefficient (Wildman–Crippen LogP) is 4.38. The van der Waals surface area contributed by atoms with Crippen LogP contribution in [0.4, 0.5) is 0 Å². The highest BCUT2D eigenvalue weighted by Gasteiger charge is 2.21. The van der Waals surface area contributed by atoms with Crippen LogP contribution in [0, 0.1) is 6.92 Å². The van der Waals surface area contributed by atoms with Crippen LogP contribution in [0.3, 0.4) is 0 Å². The van der Waals surface area contributed by atoms with E-state index in [1.807, 2.05) is 48.7 Å². The molecule has 6 heteroatoms. The molecule has 1 atom stereocenters. The van der Waals surface area contributed by atoms with Gasteiger partial charge in [0.05, 0.1) is 11.6 Å². The zero-order valence-corrected chi connectivity index (χ0v) is 15.4. The zero-order valence-electron chi connectivity index (χ0n) is 13.9. The topological polar surface area (TPSA) is 55.1 Å². The van der Waals surface area contributed by atoms with Crippen molar-refractivity contribution in [2.24, 2.45) is 0 Å². The third kappa shape index (κ3) is 4.94. The number of carbonyl (C=O) groups excluding carboxylic acids is 1. The third-order valence-electron chi connectivity index (χ3n) is 3.93. The highest BCUT2D eigenvalue weighted by Crippen LogP contribution is 2.25. The second-order valence-electron chi connectivity index (χ2n) is 5.86. The summed E-state index contributed by atoms with van der Waals surface area (Å²) in [6.07, 6.45) is 1.32. The van der Waals surface area contributed by atoms with Crippen molar-refractivity contribution < 1.29 is 9.32 Å². The van der Waals surface area contributed by atoms with Gasteiger partial charge in [-0.05, 0) is 42.5 Å². The highest BCUT2D eigenvalue weighted by molar-refractivity contribution is 7.09. The Bertz CT molecular complexity index is 812. The van der Waals surface area contributed by atoms with E-state index in [4.69, 9.17) is 16.1 Å². The molecule has 0 aliphatic carbocycles. The number of nitrogens with zero attached hydrogens (tertiary/aromatic N) is 1. The number of halogens is 1. The zero-order chi connectivity index (χ0) is 17.6. The summed E-state index contributed by atoms with van der Waals surface area (Å²) in [5, 5.41) is 9.66. The maximum atomic E-state index is 12.8. The van der Waals surface area contributed by atoms with Crippen LogP contribution >= 0.6 is 22.9 Å². The number of benzene rings is 1. The molecule has 3 aromatic rings. The number of aromatic nitrogens is 1. The molecule has 1 amide bonds. The van der Waals surface area contributed by atoms with E-state index in [1.165, 1.54) is 4.88 Å². The minimum atomic E-state index is -0.241. The van der Waals surface area contributed by atoms with Crippen LogP contribution in [0.25, 0.3) is 0 Å². The molecule has 130 valence electrons. The lowest BCUT2D eigenvalue weighted by Crippen LogP contribution is -2.32. The van der Waals surface area contributed by atoms with Gasteiger partial charge >= 0.3 is 0 Å². The first-order valence-electron chi connectivity index (χ1n) is 8.09. The van der Waals surface area contributed by atoms with Gasteiger partial charge < -0.3 is 9.84 Å². The van der Waals surface area contributed by atoms with E-state index >= 15 is 0 Å². The lowest BCUT2D eigenvalue weighted by atomic mass is 9.94. The van der Waals surface area contributed by atoms with Gasteiger partial charge in [0.15, 0.2) is 0 Å². The van der Waals surface area contributed by atoms with Gasteiger partial charge in [-0.15, -0.1) is 11.3 Å². The summed E-state index contributed by atoms with van der Waals surface area (Å²) in [5.41, 5.74) is 1.81. The van der Waals surface area contributed by atoms with Gasteiger partial charge in [-0.3, -0.25) is 4.79 Å². The van der Waals surface area contributed by atoms with Gasteiger partial charge in [0.1, 0.15) is 5.76 Å². The number of nitrogens with one attached hydrogen (secondary N) is 1. The molecule has 0 spiro atoms. The normalized spacial score (nSPS) is 12.1. The van der Waals surface area contributed by atoms with E-state index in [-0.39, 0.29) is 11.8 Å². The van der Waals surface area contributed by atoms with Gasteiger partial charge in [-0.1, -0.05) is 35.0 Å². The van der Waals surface area contributed by atoms with Crippen molar-refractivity contribution in [2.45, 2.75) is 25.7 Å². The molecular formula is C19H19ClN2O2S. The Balaban J connectivity index is 1.66. The van der Waals surface area contributed by atoms with Crippen molar-refractivity contribution in [2.75, 3.05) is 6.54 Å². The van der Waals surface area contributed by atoms with E-state index in [2.05, 4.69) is 16.5 Å². The van der Waals surface area contributed by atoms with Crippen molar-refractivity contribution in [1.29, 1.82) is 0 Å². The smallest absolute Gasteiger partial charge is 0.227 e. The molecule has 3 rings (SSSR count). The molecular weight excluding hydrogens is 356 g/mol. The van der Waals surface area contributed by atoms with Crippen molar-refractivity contribution in [1.82, 2.24) is 10.5 Å². The number of amides is 1. The fourth-order valence-electron chi connectivity index (χ4n) is 2.66. The summed E-state index contributed by atoms with van der Waals surface area (Å²) in [6, 6.07) is 13.4. The van der Waals surface area contributed by atoms with Crippen LogP contribution in [0.2, 0.25) is 5.02 Å². The number of hydrogen-bond acceptors (Lipinski definition) is 4. The standard InChI is InChI=1S/C19H19ClN2O2S/c1-13-11-16(22-24-13)8-9-21-19(23)18(12-17-3-2-10-25-17)14-4-6-15(20)7-5-14/h2-7,10-11,18H,8-9,12H2,1H3,(H,21,23). The summed E-state index contributed by atoms with van der Waals surface area (Å²) < 4.78 is 5.05. The Morgan fingerprint density at radius 1 is 1.32 bits per heavy atom.